The van der Waals surface area contributed by atoms with E-state index in [1.807, 2.05) is 0 Å². The largest absolute Gasteiger partial charge is 0.501 e. The molecule has 0 fully saturated rings. The molecule has 4 aromatic carbocycles. The molecule has 4 aliphatic rings. The topological polar surface area (TPSA) is 377 Å². The van der Waals surface area contributed by atoms with Crippen LogP contribution in [-0.4, -0.2) is 197 Å². The predicted molar refractivity (Wildman–Crippen MR) is 437 cm³/mol. The Kier molecular flexibility index (Phi) is 33.7. The number of sulfone groups is 1. The van der Waals surface area contributed by atoms with Crippen molar-refractivity contribution in [3.05, 3.63) is 251 Å². The lowest BCUT2D eigenvalue weighted by atomic mass is 10.0. The summed E-state index contributed by atoms with van der Waals surface area (Å²) < 4.78 is 190. The summed E-state index contributed by atoms with van der Waals surface area (Å²) in [5.74, 6) is -0.659. The van der Waals surface area contributed by atoms with Crippen molar-refractivity contribution < 1.29 is 126 Å². The van der Waals surface area contributed by atoms with Gasteiger partial charge in [-0.25, -0.2) is 32.0 Å². The van der Waals surface area contributed by atoms with E-state index >= 15 is 0 Å². The lowest BCUT2D eigenvalue weighted by Crippen LogP contribution is -2.38. The van der Waals surface area contributed by atoms with Crippen LogP contribution < -0.4 is 21.3 Å². The van der Waals surface area contributed by atoms with Crippen molar-refractivity contribution in [2.24, 2.45) is 0 Å². The second-order valence-corrected chi connectivity index (χ2v) is 31.5. The zero-order chi connectivity index (χ0) is 91.8. The molecule has 670 valence electrons. The van der Waals surface area contributed by atoms with Crippen LogP contribution in [0.2, 0.25) is 25.1 Å². The van der Waals surface area contributed by atoms with Gasteiger partial charge in [0.15, 0.2) is 0 Å². The summed E-state index contributed by atoms with van der Waals surface area (Å²) in [6.07, 6.45) is -3.90. The highest BCUT2D eigenvalue weighted by Crippen LogP contribution is 2.41. The van der Waals surface area contributed by atoms with E-state index < -0.39 is 146 Å². The highest BCUT2D eigenvalue weighted by Gasteiger charge is 2.47. The van der Waals surface area contributed by atoms with Crippen LogP contribution in [0, 0.1) is 5.82 Å². The number of aromatic nitrogens is 4. The molecular weight excluding hydrogens is 1810 g/mol. The minimum absolute atomic E-state index is 0.0865. The Hall–Kier alpha value is -10.3. The maximum absolute atomic E-state index is 14.3. The quantitative estimate of drug-likeness (QED) is 0.0377. The lowest BCUT2D eigenvalue weighted by molar-refractivity contribution is -0.138. The van der Waals surface area contributed by atoms with Crippen LogP contribution in [0.1, 0.15) is 112 Å². The number of aliphatic hydroxyl groups excluding tert-OH is 8. The van der Waals surface area contributed by atoms with E-state index in [4.69, 9.17) is 78.4 Å². The summed E-state index contributed by atoms with van der Waals surface area (Å²) >= 11 is 30.1. The van der Waals surface area contributed by atoms with Gasteiger partial charge in [0.1, 0.15) is 35.9 Å². The standard InChI is InChI=1S/C20H18Cl2F3N3O3.C20H18ClF4N3O3.C20H19ClF3N3O5S.C20H19ClF3N3O3/c2*21-15-8-13(1-2-14(15)20(23,24)25)27-19(31)28-5-3-11(4-6-28)18-16(22)7-12(9-26-18)17(30)10-29;21-16-9-13(17(29)11-28)10-25-18(16)12-5-7-27(8-6-12)19(30)26-14-1-3-15(4-2-14)33(31,32)20(22,23)24;21-16-9-13(17(29)11-28)10-25-18(16)12-5-7-27(8-6-12)19(30)26-15-3-1-14(2-4-15)20(22,23)24/h2*1-3,7-9,17,29-30H,4-6,10H2,(H,27,31);1-5,9-10,17,28-29H,6-8,11H2,(H,26,30);1-5,9-10,17,28-29H,6-8,11H2,(H,26,30)/t4*17-/m0100/s1. The molecule has 4 atom stereocenters. The number of urea groups is 4. The van der Waals surface area contributed by atoms with Gasteiger partial charge in [0.05, 0.1) is 90.2 Å². The van der Waals surface area contributed by atoms with Crippen molar-refractivity contribution in [1.82, 2.24) is 39.5 Å². The fourth-order valence-electron chi connectivity index (χ4n) is 12.2. The Balaban J connectivity index is 0.000000189. The van der Waals surface area contributed by atoms with Crippen LogP contribution in [-0.2, 0) is 28.4 Å². The molecule has 0 aliphatic carbocycles. The van der Waals surface area contributed by atoms with E-state index in [2.05, 4.69) is 41.2 Å². The Morgan fingerprint density at radius 1 is 0.376 bits per heavy atom. The van der Waals surface area contributed by atoms with Gasteiger partial charge in [0.2, 0.25) is 0 Å². The van der Waals surface area contributed by atoms with Gasteiger partial charge in [-0.2, -0.15) is 52.7 Å². The molecule has 0 saturated heterocycles. The number of carbonyl (C=O) groups is 4. The third-order valence-electron chi connectivity index (χ3n) is 19.1. The van der Waals surface area contributed by atoms with Gasteiger partial charge in [0.25, 0.3) is 9.84 Å². The Morgan fingerprint density at radius 2 is 0.648 bits per heavy atom. The van der Waals surface area contributed by atoms with Gasteiger partial charge in [-0.15, -0.1) is 0 Å². The number of hydrogen-bond acceptors (Lipinski definition) is 18. The molecule has 4 aliphatic heterocycles. The molecule has 45 heteroatoms. The second-order valence-electron chi connectivity index (χ2n) is 27.5. The number of pyridine rings is 4. The van der Waals surface area contributed by atoms with E-state index in [1.165, 1.54) is 74.7 Å². The summed E-state index contributed by atoms with van der Waals surface area (Å²) in [6.45, 7) is 0.196. The summed E-state index contributed by atoms with van der Waals surface area (Å²) in [4.78, 5) is 71.4. The molecule has 26 nitrogen and oxygen atoms in total. The van der Waals surface area contributed by atoms with Crippen molar-refractivity contribution in [2.45, 2.75) is 79.0 Å². The Bertz CT molecular complexity index is 5310. The van der Waals surface area contributed by atoms with Crippen LogP contribution in [0.5, 0.6) is 0 Å². The molecular formula is C80H74Cl5F13N12O14S. The molecule has 4 aromatic heterocycles. The maximum atomic E-state index is 14.3. The van der Waals surface area contributed by atoms with Gasteiger partial charge >= 0.3 is 48.2 Å². The molecule has 125 heavy (non-hydrogen) atoms. The third kappa shape index (κ3) is 26.2. The molecule has 0 spiro atoms. The first-order valence-electron chi connectivity index (χ1n) is 36.9. The average molecular weight is 1880 g/mol. The first kappa shape index (κ1) is 98.5. The number of anilines is 4. The molecule has 8 aromatic rings. The van der Waals surface area contributed by atoms with Crippen LogP contribution in [0.25, 0.3) is 22.3 Å². The van der Waals surface area contributed by atoms with Crippen molar-refractivity contribution in [3.63, 3.8) is 0 Å². The number of rotatable bonds is 17. The summed E-state index contributed by atoms with van der Waals surface area (Å²) in [5.41, 5.74) is -1.52. The molecule has 12 rings (SSSR count). The van der Waals surface area contributed by atoms with Gasteiger partial charge in [0, 0.05) is 122 Å². The second kappa shape index (κ2) is 42.8. The molecule has 0 unspecified atom stereocenters. The zero-order valence-corrected chi connectivity index (χ0v) is 69.0. The van der Waals surface area contributed by atoms with Gasteiger partial charge in [-0.1, -0.05) is 82.3 Å². The number of aliphatic hydroxyl groups is 8. The number of hydrogen-bond donors (Lipinski definition) is 12. The number of carbonyl (C=O) groups excluding carboxylic acids is 4. The monoisotopic (exact) mass is 1880 g/mol. The highest BCUT2D eigenvalue weighted by molar-refractivity contribution is 7.92. The first-order chi connectivity index (χ1) is 58.8. The van der Waals surface area contributed by atoms with Crippen LogP contribution in [0.3, 0.4) is 0 Å². The molecule has 0 radical (unpaired) electrons. The third-order valence-corrected chi connectivity index (χ3v) is 22.1. The molecule has 0 bridgehead atoms. The zero-order valence-electron chi connectivity index (χ0n) is 64.5. The fourth-order valence-corrected chi connectivity index (χ4v) is 14.5. The van der Waals surface area contributed by atoms with Crippen LogP contribution in [0.4, 0.5) is 99.0 Å². The van der Waals surface area contributed by atoms with Crippen LogP contribution >= 0.6 is 58.0 Å². The number of nitrogens with one attached hydrogen (secondary N) is 4. The summed E-state index contributed by atoms with van der Waals surface area (Å²) in [5, 5.41) is 84.5. The minimum atomic E-state index is -5.46. The van der Waals surface area contributed by atoms with Gasteiger partial charge < -0.3 is 81.7 Å². The van der Waals surface area contributed by atoms with E-state index in [0.717, 1.165) is 95.6 Å². The SMILES string of the molecule is O=C(Nc1ccc(C(F)(F)F)c(Cl)c1)N1CC=C(c2ncc([C@@H](O)CO)cc2Cl)CC1.O=C(Nc1ccc(C(F)(F)F)c(Cl)c1)N1CC=C(c2ncc([C@H](O)CO)cc2F)CC1.O=C(Nc1ccc(C(F)(F)F)cc1)N1CC=C(c2ncc([C@@H](O)CO)cc2Cl)CC1.O=C(Nc1ccc(S(=O)(=O)C(F)(F)F)cc1)N1CC=C(c2ncc([C@@H](O)CO)cc2Cl)CC1. The Morgan fingerprint density at radius 3 is 0.896 bits per heavy atom. The van der Waals surface area contributed by atoms with E-state index in [0.29, 0.717) is 94.7 Å². The fraction of sp³-hybridized carbons (Fsp3) is 0.300. The summed E-state index contributed by atoms with van der Waals surface area (Å²) in [6, 6.07) is 17.6. The molecule has 12 N–H and O–H groups in total. The first-order valence-corrected chi connectivity index (χ1v) is 40.3. The normalized spacial score (nSPS) is 15.5. The van der Waals surface area contributed by atoms with Crippen molar-refractivity contribution in [2.75, 3.05) is 100 Å². The highest BCUT2D eigenvalue weighted by atomic mass is 35.5. The molecule has 0 saturated carbocycles. The number of alkyl halides is 12. The van der Waals surface area contributed by atoms with Crippen molar-refractivity contribution in [3.8, 4) is 0 Å². The minimum Gasteiger partial charge on any atom is -0.393 e. The van der Waals surface area contributed by atoms with E-state index in [9.17, 15) is 105 Å². The number of halogens is 18. The number of nitrogens with zero attached hydrogens (tertiary/aromatic N) is 8. The lowest BCUT2D eigenvalue weighted by Gasteiger charge is -2.27. The van der Waals surface area contributed by atoms with Gasteiger partial charge in [-0.05, 0) is 157 Å². The average Bonchev–Trinajstić information content (AvgIpc) is 0.799. The van der Waals surface area contributed by atoms with E-state index in [-0.39, 0.29) is 71.8 Å². The van der Waals surface area contributed by atoms with Gasteiger partial charge in [-0.3, -0.25) is 19.9 Å². The maximum Gasteiger partial charge on any atom is 0.501 e. The van der Waals surface area contributed by atoms with Crippen molar-refractivity contribution >= 4 is 137 Å². The molecule has 8 heterocycles. The predicted octanol–water partition coefficient (Wildman–Crippen LogP) is 16.5. The smallest absolute Gasteiger partial charge is 0.393 e. The molecule has 8 amide bonds. The van der Waals surface area contributed by atoms with Crippen molar-refractivity contribution in [1.29, 1.82) is 0 Å². The number of amides is 8. The number of benzene rings is 4. The van der Waals surface area contributed by atoms with E-state index in [1.54, 1.807) is 24.3 Å². The summed E-state index contributed by atoms with van der Waals surface area (Å²) in [7, 11) is -5.46. The Labute approximate surface area is 728 Å². The van der Waals surface area contributed by atoms with Crippen LogP contribution in [0.15, 0.2) is 163 Å².